The third kappa shape index (κ3) is 5.17. The van der Waals surface area contributed by atoms with Crippen molar-refractivity contribution >= 4 is 0 Å². The van der Waals surface area contributed by atoms with Gasteiger partial charge in [0.15, 0.2) is 0 Å². The molecule has 0 fully saturated rings. The maximum Gasteiger partial charge on any atom is 0.0878 e. The average molecular weight is 155 g/mol. The summed E-state index contributed by atoms with van der Waals surface area (Å²) < 4.78 is 0. The van der Waals surface area contributed by atoms with Crippen LogP contribution in [0.1, 0.15) is 52.9 Å². The van der Waals surface area contributed by atoms with E-state index in [1.165, 1.54) is 25.7 Å². The summed E-state index contributed by atoms with van der Waals surface area (Å²) in [4.78, 5) is 0. The van der Waals surface area contributed by atoms with E-state index in [-0.39, 0.29) is 0 Å². The Morgan fingerprint density at radius 3 is 2.09 bits per heavy atom. The Bertz CT molecular complexity index is 72.1. The Morgan fingerprint density at radius 1 is 1.09 bits per heavy atom. The number of hydrogen-bond donors (Lipinski definition) is 0. The van der Waals surface area contributed by atoms with Crippen LogP contribution < -0.4 is 0 Å². The SMILES string of the molecule is [CH2+]CC(CC)CCC(C)CC. The minimum atomic E-state index is 0.879. The lowest BCUT2D eigenvalue weighted by atomic mass is 9.92. The quantitative estimate of drug-likeness (QED) is 0.507. The fourth-order valence-corrected chi connectivity index (χ4v) is 1.28. The highest BCUT2D eigenvalue weighted by molar-refractivity contribution is 4.60. The molecule has 0 aromatic rings. The number of hydrogen-bond acceptors (Lipinski definition) is 0. The molecule has 0 aliphatic carbocycles. The minimum Gasteiger partial charge on any atom is -0.0651 e. The molecule has 0 heteroatoms. The topological polar surface area (TPSA) is 0 Å². The summed E-state index contributed by atoms with van der Waals surface area (Å²) in [6.07, 6.45) is 6.53. The van der Waals surface area contributed by atoms with Gasteiger partial charge in [0.25, 0.3) is 0 Å². The molecule has 2 atom stereocenters. The van der Waals surface area contributed by atoms with Gasteiger partial charge in [0, 0.05) is 0 Å². The van der Waals surface area contributed by atoms with Crippen LogP contribution in [0.4, 0.5) is 0 Å². The van der Waals surface area contributed by atoms with Crippen LogP contribution >= 0.6 is 0 Å². The van der Waals surface area contributed by atoms with E-state index in [0.29, 0.717) is 0 Å². The highest BCUT2D eigenvalue weighted by atomic mass is 14.1. The molecule has 2 unspecified atom stereocenters. The largest absolute Gasteiger partial charge is 0.0878 e. The Morgan fingerprint density at radius 2 is 1.73 bits per heavy atom. The molecular formula is C11H23+. The van der Waals surface area contributed by atoms with Gasteiger partial charge < -0.3 is 0 Å². The van der Waals surface area contributed by atoms with Crippen molar-refractivity contribution in [2.45, 2.75) is 52.9 Å². The lowest BCUT2D eigenvalue weighted by molar-refractivity contribution is 0.395. The van der Waals surface area contributed by atoms with Crippen molar-refractivity contribution in [3.05, 3.63) is 6.92 Å². The highest BCUT2D eigenvalue weighted by Gasteiger charge is 2.08. The third-order valence-corrected chi connectivity index (χ3v) is 2.75. The van der Waals surface area contributed by atoms with E-state index in [1.54, 1.807) is 0 Å². The fraction of sp³-hybridized carbons (Fsp3) is 0.909. The van der Waals surface area contributed by atoms with Crippen LogP contribution in [0, 0.1) is 18.8 Å². The zero-order valence-corrected chi connectivity index (χ0v) is 8.40. The summed E-state index contributed by atoms with van der Waals surface area (Å²) in [7, 11) is 0. The average Bonchev–Trinajstić information content (AvgIpc) is 2.06. The summed E-state index contributed by atoms with van der Waals surface area (Å²) in [6.45, 7) is 10.8. The van der Waals surface area contributed by atoms with Crippen LogP contribution in [-0.4, -0.2) is 0 Å². The van der Waals surface area contributed by atoms with Gasteiger partial charge in [-0.25, -0.2) is 0 Å². The van der Waals surface area contributed by atoms with E-state index in [9.17, 15) is 0 Å². The van der Waals surface area contributed by atoms with Crippen LogP contribution in [0.15, 0.2) is 0 Å². The second-order valence-corrected chi connectivity index (χ2v) is 3.65. The summed E-state index contributed by atoms with van der Waals surface area (Å²) >= 11 is 0. The van der Waals surface area contributed by atoms with E-state index < -0.39 is 0 Å². The second kappa shape index (κ2) is 6.57. The smallest absolute Gasteiger partial charge is 0.0651 e. The van der Waals surface area contributed by atoms with Crippen LogP contribution in [0.5, 0.6) is 0 Å². The fourth-order valence-electron chi connectivity index (χ4n) is 1.28. The van der Waals surface area contributed by atoms with Crippen LogP contribution in [0.3, 0.4) is 0 Å². The van der Waals surface area contributed by atoms with Crippen LogP contribution in [0.2, 0.25) is 0 Å². The zero-order chi connectivity index (χ0) is 8.69. The second-order valence-electron chi connectivity index (χ2n) is 3.65. The Balaban J connectivity index is 3.34. The molecule has 0 nitrogen and oxygen atoms in total. The first-order valence-corrected chi connectivity index (χ1v) is 5.03. The van der Waals surface area contributed by atoms with Crippen molar-refractivity contribution in [3.8, 4) is 0 Å². The Hall–Kier alpha value is -0.130. The van der Waals surface area contributed by atoms with Crippen molar-refractivity contribution < 1.29 is 0 Å². The van der Waals surface area contributed by atoms with E-state index in [2.05, 4.69) is 27.7 Å². The normalized spacial score (nSPS) is 16.3. The molecular weight excluding hydrogens is 132 g/mol. The van der Waals surface area contributed by atoms with E-state index in [4.69, 9.17) is 0 Å². The van der Waals surface area contributed by atoms with Crippen LogP contribution in [0.25, 0.3) is 0 Å². The Kier molecular flexibility index (Phi) is 6.49. The molecule has 0 amide bonds. The first kappa shape index (κ1) is 10.9. The van der Waals surface area contributed by atoms with Crippen molar-refractivity contribution in [1.29, 1.82) is 0 Å². The highest BCUT2D eigenvalue weighted by Crippen LogP contribution is 2.19. The molecule has 0 aliphatic rings. The zero-order valence-electron chi connectivity index (χ0n) is 8.40. The molecule has 0 N–H and O–H groups in total. The molecule has 0 aliphatic heterocycles. The van der Waals surface area contributed by atoms with E-state index >= 15 is 0 Å². The summed E-state index contributed by atoms with van der Waals surface area (Å²) in [5.74, 6) is 1.79. The molecule has 0 aromatic carbocycles. The van der Waals surface area contributed by atoms with Gasteiger partial charge >= 0.3 is 0 Å². The van der Waals surface area contributed by atoms with Crippen LogP contribution in [-0.2, 0) is 0 Å². The molecule has 11 heavy (non-hydrogen) atoms. The van der Waals surface area contributed by atoms with Gasteiger partial charge in [0.1, 0.15) is 0 Å². The molecule has 0 spiro atoms. The summed E-state index contributed by atoms with van der Waals surface area (Å²) in [6, 6.07) is 0. The molecule has 0 rings (SSSR count). The number of rotatable bonds is 6. The molecule has 0 bridgehead atoms. The first-order chi connectivity index (χ1) is 5.24. The predicted octanol–water partition coefficient (Wildman–Crippen LogP) is 4.06. The van der Waals surface area contributed by atoms with E-state index in [0.717, 1.165) is 18.3 Å². The first-order valence-electron chi connectivity index (χ1n) is 5.03. The van der Waals surface area contributed by atoms with Crippen molar-refractivity contribution in [2.24, 2.45) is 11.8 Å². The molecule has 0 saturated carbocycles. The Labute approximate surface area is 72.4 Å². The lowest BCUT2D eigenvalue weighted by Gasteiger charge is -2.12. The standard InChI is InChI=1S/C11H23/c1-5-10(4)8-9-11(6-2)7-3/h10-11H,2,5-9H2,1,3-4H3/q+1. The predicted molar refractivity (Wildman–Crippen MR) is 52.4 cm³/mol. The van der Waals surface area contributed by atoms with Gasteiger partial charge in [-0.3, -0.25) is 0 Å². The monoisotopic (exact) mass is 155 g/mol. The molecule has 0 saturated heterocycles. The summed E-state index contributed by atoms with van der Waals surface area (Å²) in [5.41, 5.74) is 0. The molecule has 0 heterocycles. The lowest BCUT2D eigenvalue weighted by Crippen LogP contribution is -2.00. The van der Waals surface area contributed by atoms with Crippen molar-refractivity contribution in [1.82, 2.24) is 0 Å². The molecule has 66 valence electrons. The third-order valence-electron chi connectivity index (χ3n) is 2.75. The van der Waals surface area contributed by atoms with Gasteiger partial charge in [0.05, 0.1) is 13.3 Å². The summed E-state index contributed by atoms with van der Waals surface area (Å²) in [5, 5.41) is 0. The van der Waals surface area contributed by atoms with Crippen molar-refractivity contribution in [3.63, 3.8) is 0 Å². The van der Waals surface area contributed by atoms with Gasteiger partial charge in [-0.2, -0.15) is 0 Å². The maximum absolute atomic E-state index is 3.96. The van der Waals surface area contributed by atoms with Gasteiger partial charge in [0.2, 0.25) is 0 Å². The van der Waals surface area contributed by atoms with Gasteiger partial charge in [-0.15, -0.1) is 0 Å². The van der Waals surface area contributed by atoms with Gasteiger partial charge in [-0.1, -0.05) is 33.6 Å². The van der Waals surface area contributed by atoms with E-state index in [1.807, 2.05) is 0 Å². The van der Waals surface area contributed by atoms with Gasteiger partial charge in [-0.05, 0) is 24.7 Å². The molecule has 0 aromatic heterocycles. The minimum absolute atomic E-state index is 0.879. The molecule has 0 radical (unpaired) electrons. The maximum atomic E-state index is 3.96. The van der Waals surface area contributed by atoms with Crippen molar-refractivity contribution in [2.75, 3.05) is 0 Å².